The van der Waals surface area contributed by atoms with Gasteiger partial charge in [-0.15, -0.1) is 0 Å². The summed E-state index contributed by atoms with van der Waals surface area (Å²) in [5, 5.41) is 3.38. The quantitative estimate of drug-likeness (QED) is 0.849. The zero-order chi connectivity index (χ0) is 13.8. The number of alkyl halides is 2. The van der Waals surface area contributed by atoms with Crippen LogP contribution in [0.2, 0.25) is 0 Å². The molecule has 1 saturated carbocycles. The molecule has 104 valence electrons. The lowest BCUT2D eigenvalue weighted by Crippen LogP contribution is -2.15. The van der Waals surface area contributed by atoms with Gasteiger partial charge in [0.05, 0.1) is 0 Å². The first-order valence-corrected chi connectivity index (χ1v) is 6.52. The predicted octanol–water partition coefficient (Wildman–Crippen LogP) is 3.67. The molecule has 19 heavy (non-hydrogen) atoms. The summed E-state index contributed by atoms with van der Waals surface area (Å²) in [6.45, 7) is 1.63. The van der Waals surface area contributed by atoms with E-state index in [1.54, 1.807) is 13.8 Å². The fourth-order valence-electron chi connectivity index (χ4n) is 2.07. The normalized spacial score (nSPS) is 15.4. The van der Waals surface area contributed by atoms with Crippen molar-refractivity contribution in [3.05, 3.63) is 34.9 Å². The summed E-state index contributed by atoms with van der Waals surface area (Å²) in [5.74, 6) is 0.281. The molecule has 2 nitrogen and oxygen atoms in total. The Kier molecular flexibility index (Phi) is 4.53. The number of ether oxygens (including phenoxy) is 1. The maximum Gasteiger partial charge on any atom is 0.387 e. The molecule has 1 aliphatic rings. The van der Waals surface area contributed by atoms with Gasteiger partial charge < -0.3 is 10.1 Å². The molecule has 0 unspecified atom stereocenters. The number of halogens is 2. The molecule has 1 aromatic rings. The van der Waals surface area contributed by atoms with Crippen LogP contribution >= 0.6 is 0 Å². The molecular formula is C15H19F2NO. The molecule has 1 aromatic carbocycles. The number of hydrogen-bond acceptors (Lipinski definition) is 2. The van der Waals surface area contributed by atoms with Crippen LogP contribution in [0.25, 0.3) is 6.08 Å². The second kappa shape index (κ2) is 6.15. The molecule has 2 rings (SSSR count). The Morgan fingerprint density at radius 3 is 2.47 bits per heavy atom. The average molecular weight is 267 g/mol. The van der Waals surface area contributed by atoms with E-state index in [2.05, 4.69) is 16.1 Å². The van der Waals surface area contributed by atoms with Crippen LogP contribution in [0, 0.1) is 13.8 Å². The van der Waals surface area contributed by atoms with Crippen LogP contribution < -0.4 is 10.1 Å². The first-order chi connectivity index (χ1) is 9.06. The molecule has 0 aliphatic heterocycles. The third kappa shape index (κ3) is 4.31. The standard InChI is InChI=1S/C15H19F2NO/c1-10-8-12(4-3-7-18-13-5-6-13)9-11(2)14(10)19-15(16)17/h3-4,8-9,13,15,18H,5-7H2,1-2H3. The van der Waals surface area contributed by atoms with E-state index in [1.165, 1.54) is 12.8 Å². The fraction of sp³-hybridized carbons (Fsp3) is 0.467. The van der Waals surface area contributed by atoms with Crippen molar-refractivity contribution in [1.82, 2.24) is 5.32 Å². The molecule has 0 heterocycles. The van der Waals surface area contributed by atoms with Gasteiger partial charge >= 0.3 is 6.61 Å². The summed E-state index contributed by atoms with van der Waals surface area (Å²) in [5.41, 5.74) is 2.47. The highest BCUT2D eigenvalue weighted by molar-refractivity contribution is 5.56. The van der Waals surface area contributed by atoms with E-state index < -0.39 is 6.61 Å². The van der Waals surface area contributed by atoms with Gasteiger partial charge in [-0.1, -0.05) is 12.2 Å². The van der Waals surface area contributed by atoms with Crippen molar-refractivity contribution in [2.45, 2.75) is 39.3 Å². The van der Waals surface area contributed by atoms with Crippen molar-refractivity contribution >= 4 is 6.08 Å². The Labute approximate surface area is 112 Å². The smallest absolute Gasteiger partial charge is 0.387 e. The SMILES string of the molecule is Cc1cc(C=CCNC2CC2)cc(C)c1OC(F)F. The van der Waals surface area contributed by atoms with Gasteiger partial charge in [0.1, 0.15) is 5.75 Å². The van der Waals surface area contributed by atoms with Gasteiger partial charge in [-0.25, -0.2) is 0 Å². The minimum absolute atomic E-state index is 0.281. The fourth-order valence-corrected chi connectivity index (χ4v) is 2.07. The minimum Gasteiger partial charge on any atom is -0.434 e. The number of hydrogen-bond donors (Lipinski definition) is 1. The van der Waals surface area contributed by atoms with Crippen molar-refractivity contribution in [1.29, 1.82) is 0 Å². The van der Waals surface area contributed by atoms with E-state index in [9.17, 15) is 8.78 Å². The van der Waals surface area contributed by atoms with Gasteiger partial charge in [-0.05, 0) is 55.5 Å². The van der Waals surface area contributed by atoms with Crippen molar-refractivity contribution in [2.24, 2.45) is 0 Å². The van der Waals surface area contributed by atoms with Crippen LogP contribution in [-0.4, -0.2) is 19.2 Å². The van der Waals surface area contributed by atoms with Gasteiger partial charge in [0.2, 0.25) is 0 Å². The number of benzene rings is 1. The Morgan fingerprint density at radius 1 is 1.32 bits per heavy atom. The highest BCUT2D eigenvalue weighted by Gasteiger charge is 2.18. The van der Waals surface area contributed by atoms with Crippen LogP contribution in [-0.2, 0) is 0 Å². The summed E-state index contributed by atoms with van der Waals surface area (Å²) in [4.78, 5) is 0. The first-order valence-electron chi connectivity index (χ1n) is 6.52. The summed E-state index contributed by atoms with van der Waals surface area (Å²) < 4.78 is 29.1. The molecule has 0 radical (unpaired) electrons. The molecule has 0 atom stereocenters. The largest absolute Gasteiger partial charge is 0.434 e. The Bertz CT molecular complexity index is 444. The second-order valence-electron chi connectivity index (χ2n) is 4.95. The van der Waals surface area contributed by atoms with Gasteiger partial charge in [0.25, 0.3) is 0 Å². The number of rotatable bonds is 6. The summed E-state index contributed by atoms with van der Waals surface area (Å²) >= 11 is 0. The summed E-state index contributed by atoms with van der Waals surface area (Å²) in [7, 11) is 0. The molecule has 0 saturated heterocycles. The van der Waals surface area contributed by atoms with E-state index in [0.29, 0.717) is 6.04 Å². The van der Waals surface area contributed by atoms with Gasteiger partial charge in [0, 0.05) is 12.6 Å². The van der Waals surface area contributed by atoms with Gasteiger partial charge in [-0.2, -0.15) is 8.78 Å². The van der Waals surface area contributed by atoms with E-state index in [-0.39, 0.29) is 5.75 Å². The van der Waals surface area contributed by atoms with Crippen LogP contribution in [0.1, 0.15) is 29.5 Å². The molecule has 1 N–H and O–H groups in total. The number of nitrogens with one attached hydrogen (secondary N) is 1. The lowest BCUT2D eigenvalue weighted by molar-refractivity contribution is -0.0507. The second-order valence-corrected chi connectivity index (χ2v) is 4.95. The lowest BCUT2D eigenvalue weighted by Gasteiger charge is -2.12. The number of aryl methyl sites for hydroxylation is 2. The van der Waals surface area contributed by atoms with Crippen LogP contribution in [0.3, 0.4) is 0 Å². The van der Waals surface area contributed by atoms with Crippen LogP contribution in [0.5, 0.6) is 5.75 Å². The zero-order valence-electron chi connectivity index (χ0n) is 11.2. The van der Waals surface area contributed by atoms with E-state index in [1.807, 2.05) is 18.2 Å². The highest BCUT2D eigenvalue weighted by atomic mass is 19.3. The predicted molar refractivity (Wildman–Crippen MR) is 72.6 cm³/mol. The molecule has 0 bridgehead atoms. The third-order valence-corrected chi connectivity index (χ3v) is 3.10. The Morgan fingerprint density at radius 2 is 1.95 bits per heavy atom. The van der Waals surface area contributed by atoms with Crippen LogP contribution in [0.15, 0.2) is 18.2 Å². The zero-order valence-corrected chi connectivity index (χ0v) is 11.2. The molecule has 0 amide bonds. The Balaban J connectivity index is 2.01. The monoisotopic (exact) mass is 267 g/mol. The molecule has 0 spiro atoms. The first kappa shape index (κ1) is 14.0. The maximum absolute atomic E-state index is 12.3. The average Bonchev–Trinajstić information content (AvgIpc) is 3.13. The van der Waals surface area contributed by atoms with Gasteiger partial charge in [-0.3, -0.25) is 0 Å². The minimum atomic E-state index is -2.78. The van der Waals surface area contributed by atoms with Gasteiger partial charge in [0.15, 0.2) is 0 Å². The molecule has 1 aliphatic carbocycles. The molecule has 1 fully saturated rings. The van der Waals surface area contributed by atoms with Crippen molar-refractivity contribution in [2.75, 3.05) is 6.54 Å². The summed E-state index contributed by atoms with van der Waals surface area (Å²) in [6.07, 6.45) is 6.60. The van der Waals surface area contributed by atoms with Crippen molar-refractivity contribution in [3.63, 3.8) is 0 Å². The molecule has 0 aromatic heterocycles. The lowest BCUT2D eigenvalue weighted by atomic mass is 10.1. The third-order valence-electron chi connectivity index (χ3n) is 3.10. The van der Waals surface area contributed by atoms with E-state index in [4.69, 9.17) is 0 Å². The highest BCUT2D eigenvalue weighted by Crippen LogP contribution is 2.27. The topological polar surface area (TPSA) is 21.3 Å². The van der Waals surface area contributed by atoms with Crippen molar-refractivity contribution < 1.29 is 13.5 Å². The summed E-state index contributed by atoms with van der Waals surface area (Å²) in [6, 6.07) is 4.41. The molecule has 4 heteroatoms. The maximum atomic E-state index is 12.3. The van der Waals surface area contributed by atoms with Crippen LogP contribution in [0.4, 0.5) is 8.78 Å². The molecular weight excluding hydrogens is 248 g/mol. The van der Waals surface area contributed by atoms with E-state index in [0.717, 1.165) is 23.2 Å². The Hall–Kier alpha value is -1.42. The van der Waals surface area contributed by atoms with E-state index >= 15 is 0 Å². The van der Waals surface area contributed by atoms with Crippen molar-refractivity contribution in [3.8, 4) is 5.75 Å².